The normalized spacial score (nSPS) is 34.2. The maximum atomic E-state index is 13.3. The molecule has 5 rings (SSSR count). The molecule has 0 aromatic heterocycles. The van der Waals surface area contributed by atoms with E-state index >= 15 is 0 Å². The number of aliphatic hydroxyl groups is 6. The average molecular weight is 769 g/mol. The Balaban J connectivity index is 1.39. The van der Waals surface area contributed by atoms with Gasteiger partial charge in [0, 0.05) is 12.5 Å². The van der Waals surface area contributed by atoms with Crippen LogP contribution in [-0.4, -0.2) is 161 Å². The van der Waals surface area contributed by atoms with Crippen molar-refractivity contribution in [1.29, 1.82) is 0 Å². The fourth-order valence-corrected chi connectivity index (χ4v) is 6.17. The highest BCUT2D eigenvalue weighted by Crippen LogP contribution is 2.33. The monoisotopic (exact) mass is 768 g/mol. The topological polar surface area (TPSA) is 262 Å². The van der Waals surface area contributed by atoms with Gasteiger partial charge in [-0.2, -0.15) is 0 Å². The van der Waals surface area contributed by atoms with E-state index in [-0.39, 0.29) is 30.3 Å². The van der Waals surface area contributed by atoms with Crippen molar-refractivity contribution in [1.82, 2.24) is 0 Å². The Kier molecular flexibility index (Phi) is 14.1. The summed E-state index contributed by atoms with van der Waals surface area (Å²) in [7, 11) is 2.80. The molecule has 18 nitrogen and oxygen atoms in total. The van der Waals surface area contributed by atoms with Gasteiger partial charge in [0.15, 0.2) is 48.0 Å². The molecule has 0 bridgehead atoms. The Labute approximate surface area is 310 Å². The number of ether oxygens (including phenoxy) is 9. The van der Waals surface area contributed by atoms with Crippen LogP contribution in [0.2, 0.25) is 0 Å². The number of aromatic hydroxyl groups is 2. The highest BCUT2D eigenvalue weighted by Gasteiger charge is 2.51. The molecule has 300 valence electrons. The summed E-state index contributed by atoms with van der Waals surface area (Å²) in [5.74, 6) is -0.581. The minimum atomic E-state index is -1.99. The van der Waals surface area contributed by atoms with E-state index in [0.29, 0.717) is 23.3 Å². The molecule has 54 heavy (non-hydrogen) atoms. The Hall–Kier alpha value is -3.63. The van der Waals surface area contributed by atoms with E-state index in [1.165, 1.54) is 51.5 Å². The van der Waals surface area contributed by atoms with Crippen LogP contribution in [0.1, 0.15) is 24.5 Å². The van der Waals surface area contributed by atoms with E-state index in [9.17, 15) is 45.6 Å². The maximum Gasteiger partial charge on any atom is 0.331 e. The second kappa shape index (κ2) is 18.3. The van der Waals surface area contributed by atoms with Crippen molar-refractivity contribution in [2.24, 2.45) is 0 Å². The zero-order valence-electron chi connectivity index (χ0n) is 29.9. The first-order valence-corrected chi connectivity index (χ1v) is 17.2. The molecule has 0 spiro atoms. The summed E-state index contributed by atoms with van der Waals surface area (Å²) in [5.41, 5.74) is -0.794. The highest BCUT2D eigenvalue weighted by molar-refractivity contribution is 5.87. The number of carbonyl (C=O) groups is 1. The summed E-state index contributed by atoms with van der Waals surface area (Å²) in [6, 6.07) is 9.27. The summed E-state index contributed by atoms with van der Waals surface area (Å²) < 4.78 is 51.3. The Morgan fingerprint density at radius 3 is 2.37 bits per heavy atom. The van der Waals surface area contributed by atoms with Gasteiger partial charge < -0.3 is 83.5 Å². The minimum absolute atomic E-state index is 0.0603. The van der Waals surface area contributed by atoms with E-state index in [2.05, 4.69) is 0 Å². The van der Waals surface area contributed by atoms with Crippen molar-refractivity contribution in [3.05, 3.63) is 53.6 Å². The number of aliphatic hydroxyl groups excluding tert-OH is 5. The molecule has 0 amide bonds. The van der Waals surface area contributed by atoms with Crippen LogP contribution in [0.4, 0.5) is 0 Å². The molecular weight excluding hydrogens is 720 g/mol. The maximum absolute atomic E-state index is 13.3. The van der Waals surface area contributed by atoms with E-state index in [4.69, 9.17) is 42.6 Å². The minimum Gasteiger partial charge on any atom is -0.504 e. The first-order chi connectivity index (χ1) is 25.8. The first-order valence-electron chi connectivity index (χ1n) is 17.2. The highest BCUT2D eigenvalue weighted by atomic mass is 16.7. The molecule has 0 saturated carbocycles. The van der Waals surface area contributed by atoms with Crippen LogP contribution in [0, 0.1) is 0 Å². The van der Waals surface area contributed by atoms with Crippen LogP contribution in [0.3, 0.4) is 0 Å². The molecule has 3 saturated heterocycles. The SMILES string of the molecule is COc1ccc(CCOC2CC(OC3OC(C)C(O)C(O)C3O)C(OC(=O)C=Cc3ccc(O)c(OC)c3)C(COC3OCC(O)(CO)C3O)O2)cc1O. The number of rotatable bonds is 15. The molecular formula is C36H48O18. The largest absolute Gasteiger partial charge is 0.504 e. The van der Waals surface area contributed by atoms with E-state index < -0.39 is 99.1 Å². The number of esters is 1. The molecule has 0 aliphatic carbocycles. The zero-order chi connectivity index (χ0) is 39.2. The third kappa shape index (κ3) is 9.78. The van der Waals surface area contributed by atoms with Crippen LogP contribution in [0.25, 0.3) is 6.08 Å². The predicted molar refractivity (Wildman–Crippen MR) is 182 cm³/mol. The van der Waals surface area contributed by atoms with Gasteiger partial charge >= 0.3 is 5.97 Å². The van der Waals surface area contributed by atoms with E-state index in [0.717, 1.165) is 6.08 Å². The Morgan fingerprint density at radius 1 is 0.926 bits per heavy atom. The molecule has 3 fully saturated rings. The van der Waals surface area contributed by atoms with E-state index in [1.807, 2.05) is 0 Å². The Morgan fingerprint density at radius 2 is 1.69 bits per heavy atom. The number of phenols is 2. The third-order valence-corrected chi connectivity index (χ3v) is 9.41. The van der Waals surface area contributed by atoms with Crippen LogP contribution in [0.5, 0.6) is 23.0 Å². The van der Waals surface area contributed by atoms with Gasteiger partial charge in [0.1, 0.15) is 42.2 Å². The lowest BCUT2D eigenvalue weighted by Gasteiger charge is -2.45. The number of carbonyl (C=O) groups excluding carboxylic acids is 1. The third-order valence-electron chi connectivity index (χ3n) is 9.41. The molecule has 3 aliphatic rings. The van der Waals surface area contributed by atoms with Crippen LogP contribution in [0.15, 0.2) is 42.5 Å². The van der Waals surface area contributed by atoms with Gasteiger partial charge in [0.05, 0.1) is 46.8 Å². The van der Waals surface area contributed by atoms with Gasteiger partial charge in [0.2, 0.25) is 0 Å². The van der Waals surface area contributed by atoms with Crippen LogP contribution >= 0.6 is 0 Å². The van der Waals surface area contributed by atoms with Gasteiger partial charge in [-0.1, -0.05) is 12.1 Å². The molecule has 3 heterocycles. The van der Waals surface area contributed by atoms with Gasteiger partial charge in [-0.25, -0.2) is 4.79 Å². The molecule has 2 aromatic carbocycles. The molecule has 8 N–H and O–H groups in total. The summed E-state index contributed by atoms with van der Waals surface area (Å²) in [4.78, 5) is 13.3. The quantitative estimate of drug-likeness (QED) is 0.0805. The van der Waals surface area contributed by atoms with Crippen LogP contribution < -0.4 is 9.47 Å². The van der Waals surface area contributed by atoms with Crippen molar-refractivity contribution < 1.29 is 88.3 Å². The molecule has 12 atom stereocenters. The van der Waals surface area contributed by atoms with Crippen molar-refractivity contribution in [2.75, 3.05) is 40.6 Å². The van der Waals surface area contributed by atoms with Gasteiger partial charge in [-0.15, -0.1) is 0 Å². The van der Waals surface area contributed by atoms with Crippen molar-refractivity contribution in [2.45, 2.75) is 93.1 Å². The van der Waals surface area contributed by atoms with Crippen LogP contribution in [-0.2, 0) is 44.4 Å². The van der Waals surface area contributed by atoms with Gasteiger partial charge in [0.25, 0.3) is 0 Å². The van der Waals surface area contributed by atoms with Gasteiger partial charge in [-0.3, -0.25) is 0 Å². The van der Waals surface area contributed by atoms with Crippen molar-refractivity contribution in [3.8, 4) is 23.0 Å². The van der Waals surface area contributed by atoms with Gasteiger partial charge in [-0.05, 0) is 54.8 Å². The lowest BCUT2D eigenvalue weighted by molar-refractivity contribution is -0.338. The predicted octanol–water partition coefficient (Wildman–Crippen LogP) is -0.916. The second-order valence-electron chi connectivity index (χ2n) is 13.2. The lowest BCUT2D eigenvalue weighted by Crippen LogP contribution is -2.61. The fraction of sp³-hybridized carbons (Fsp3) is 0.583. The second-order valence-corrected chi connectivity index (χ2v) is 13.2. The van der Waals surface area contributed by atoms with E-state index in [1.54, 1.807) is 12.1 Å². The molecule has 18 heteroatoms. The number of methoxy groups -OCH3 is 2. The number of hydrogen-bond acceptors (Lipinski definition) is 18. The average Bonchev–Trinajstić information content (AvgIpc) is 3.45. The van der Waals surface area contributed by atoms with Crippen molar-refractivity contribution >= 4 is 12.0 Å². The molecule has 3 aliphatic heterocycles. The molecule has 12 unspecified atom stereocenters. The fourth-order valence-electron chi connectivity index (χ4n) is 6.17. The van der Waals surface area contributed by atoms with Crippen molar-refractivity contribution in [3.63, 3.8) is 0 Å². The summed E-state index contributed by atoms with van der Waals surface area (Å²) in [6.07, 6.45) is -12.4. The molecule has 0 radical (unpaired) electrons. The summed E-state index contributed by atoms with van der Waals surface area (Å²) in [5, 5.41) is 82.3. The summed E-state index contributed by atoms with van der Waals surface area (Å²) in [6.45, 7) is -0.154. The molecule has 2 aromatic rings. The number of benzene rings is 2. The smallest absolute Gasteiger partial charge is 0.331 e. The standard InChI is InChI=1S/C36H48O18/c1-18-29(41)30(42)31(43)34(51-18)53-25-14-28(48-11-10-20-5-8-23(46-2)22(39)12-20)52-26(15-49-35-33(44)36(45,16-37)17-50-35)32(25)54-27(40)9-6-19-4-7-21(38)24(13-19)47-3/h4-9,12-13,18,25-26,28-35,37-39,41-45H,10-11,14-17H2,1-3H3. The Bertz CT molecular complexity index is 1570. The lowest BCUT2D eigenvalue weighted by atomic mass is 9.98. The first kappa shape index (κ1) is 41.5. The zero-order valence-corrected chi connectivity index (χ0v) is 29.9. The number of phenolic OH excluding ortho intramolecular Hbond substituents is 2. The number of hydrogen-bond donors (Lipinski definition) is 8. The summed E-state index contributed by atoms with van der Waals surface area (Å²) >= 11 is 0.